The van der Waals surface area contributed by atoms with E-state index in [1.165, 1.54) is 19.3 Å². The second-order valence-corrected chi connectivity index (χ2v) is 1.84. The zero-order valence-electron chi connectivity index (χ0n) is 5.78. The molecule has 0 N–H and O–H groups in total. The highest BCUT2D eigenvalue weighted by molar-refractivity contribution is 4.81. The van der Waals surface area contributed by atoms with Gasteiger partial charge in [-0.15, -0.1) is 0 Å². The third kappa shape index (κ3) is 5.49. The summed E-state index contributed by atoms with van der Waals surface area (Å²) in [5.41, 5.74) is 0. The van der Waals surface area contributed by atoms with Gasteiger partial charge >= 0.3 is 0 Å². The third-order valence-corrected chi connectivity index (χ3v) is 1.05. The van der Waals surface area contributed by atoms with Crippen LogP contribution in [0, 0.1) is 6.07 Å². The second-order valence-electron chi connectivity index (χ2n) is 1.84. The van der Waals surface area contributed by atoms with Gasteiger partial charge in [0.1, 0.15) is 0 Å². The van der Waals surface area contributed by atoms with Gasteiger partial charge in [0.25, 0.3) is 13.1 Å². The summed E-state index contributed by atoms with van der Waals surface area (Å²) in [6, 6.07) is 2.91. The van der Waals surface area contributed by atoms with Crippen molar-refractivity contribution in [3.8, 4) is 6.07 Å². The lowest BCUT2D eigenvalue weighted by molar-refractivity contribution is 0.737. The first kappa shape index (κ1) is 7.49. The van der Waals surface area contributed by atoms with Crippen molar-refractivity contribution >= 4 is 0 Å². The van der Waals surface area contributed by atoms with E-state index in [1.807, 2.05) is 0 Å². The first-order valence-corrected chi connectivity index (χ1v) is 3.23. The molecule has 8 heavy (non-hydrogen) atoms. The van der Waals surface area contributed by atoms with E-state index in [1.54, 1.807) is 7.05 Å². The van der Waals surface area contributed by atoms with E-state index in [2.05, 4.69) is 17.8 Å². The molecule has 0 radical (unpaired) electrons. The molecule has 0 aromatic rings. The molecular weight excluding hydrogens is 98.1 g/mol. The fourth-order valence-electron chi connectivity index (χ4n) is 0.566. The van der Waals surface area contributed by atoms with Gasteiger partial charge in [-0.3, -0.25) is 0 Å². The summed E-state index contributed by atoms with van der Waals surface area (Å²) >= 11 is 0. The van der Waals surface area contributed by atoms with Crippen LogP contribution in [-0.4, -0.2) is 7.05 Å². The first-order chi connectivity index (χ1) is 3.91. The summed E-state index contributed by atoms with van der Waals surface area (Å²) in [6.07, 6.45) is 4.87. The monoisotopic (exact) mass is 112 g/mol. The van der Waals surface area contributed by atoms with Crippen LogP contribution in [0.1, 0.15) is 32.6 Å². The van der Waals surface area contributed by atoms with Crippen LogP contribution in [0.2, 0.25) is 0 Å². The van der Waals surface area contributed by atoms with Crippen LogP contribution in [0.4, 0.5) is 0 Å². The fourth-order valence-corrected chi connectivity index (χ4v) is 0.566. The van der Waals surface area contributed by atoms with E-state index in [9.17, 15) is 0 Å². The minimum atomic E-state index is 1.03. The molecule has 0 aliphatic carbocycles. The van der Waals surface area contributed by atoms with Crippen molar-refractivity contribution in [2.75, 3.05) is 7.05 Å². The lowest BCUT2D eigenvalue weighted by atomic mass is 10.2. The zero-order chi connectivity index (χ0) is 6.24. The van der Waals surface area contributed by atoms with Crippen LogP contribution < -0.4 is 0 Å². The summed E-state index contributed by atoms with van der Waals surface area (Å²) in [7, 11) is 1.77. The molecule has 0 bridgehead atoms. The molecule has 0 heterocycles. The van der Waals surface area contributed by atoms with Gasteiger partial charge in [-0.25, -0.2) is 0 Å². The van der Waals surface area contributed by atoms with E-state index in [4.69, 9.17) is 0 Å². The van der Waals surface area contributed by atoms with Crippen LogP contribution in [0.5, 0.6) is 0 Å². The van der Waals surface area contributed by atoms with Crippen molar-refractivity contribution < 1.29 is 0 Å². The van der Waals surface area contributed by atoms with Crippen molar-refractivity contribution in [1.82, 2.24) is 0 Å². The van der Waals surface area contributed by atoms with E-state index < -0.39 is 0 Å². The van der Waals surface area contributed by atoms with Crippen molar-refractivity contribution in [3.05, 3.63) is 4.85 Å². The molecule has 0 saturated carbocycles. The molecule has 1 nitrogen and oxygen atoms in total. The average molecular weight is 112 g/mol. The maximum absolute atomic E-state index is 3.76. The largest absolute Gasteiger partial charge is 0.272 e. The summed E-state index contributed by atoms with van der Waals surface area (Å²) in [4.78, 5) is 3.76. The van der Waals surface area contributed by atoms with Crippen LogP contribution in [0.15, 0.2) is 0 Å². The quantitative estimate of drug-likeness (QED) is 0.494. The van der Waals surface area contributed by atoms with Gasteiger partial charge < -0.3 is 0 Å². The molecular formula is C7H14N+. The summed E-state index contributed by atoms with van der Waals surface area (Å²) in [6.45, 7) is 2.20. The Kier molecular flexibility index (Phi) is 6.08. The van der Waals surface area contributed by atoms with E-state index in [-0.39, 0.29) is 0 Å². The molecule has 0 aliphatic heterocycles. The van der Waals surface area contributed by atoms with Crippen LogP contribution >= 0.6 is 0 Å². The Morgan fingerprint density at radius 1 is 1.38 bits per heavy atom. The highest BCUT2D eigenvalue weighted by Crippen LogP contribution is 1.96. The Morgan fingerprint density at radius 3 is 2.62 bits per heavy atom. The highest BCUT2D eigenvalue weighted by atomic mass is 14.6. The van der Waals surface area contributed by atoms with Crippen molar-refractivity contribution in [2.24, 2.45) is 0 Å². The second kappa shape index (κ2) is 6.49. The Bertz CT molecular complexity index is 86.3. The first-order valence-electron chi connectivity index (χ1n) is 3.23. The van der Waals surface area contributed by atoms with Crippen LogP contribution in [0.3, 0.4) is 0 Å². The highest BCUT2D eigenvalue weighted by Gasteiger charge is 1.84. The van der Waals surface area contributed by atoms with Crippen LogP contribution in [-0.2, 0) is 0 Å². The maximum atomic E-state index is 3.76. The Balaban J connectivity index is 2.79. The van der Waals surface area contributed by atoms with Gasteiger partial charge in [-0.05, 0) is 6.42 Å². The van der Waals surface area contributed by atoms with Gasteiger partial charge in [0, 0.05) is 0 Å². The molecule has 46 valence electrons. The maximum Gasteiger partial charge on any atom is 0.272 e. The zero-order valence-corrected chi connectivity index (χ0v) is 5.78. The number of nitrogens with zero attached hydrogens (tertiary/aromatic N) is 1. The molecule has 0 aliphatic rings. The summed E-state index contributed by atoms with van der Waals surface area (Å²) in [5.74, 6) is 0. The van der Waals surface area contributed by atoms with Crippen LogP contribution in [0.25, 0.3) is 4.85 Å². The fraction of sp³-hybridized carbons (Fsp3) is 0.857. The lowest BCUT2D eigenvalue weighted by Gasteiger charge is -1.83. The van der Waals surface area contributed by atoms with E-state index in [0.29, 0.717) is 0 Å². The number of rotatable bonds is 3. The molecule has 0 saturated heterocycles. The molecule has 0 unspecified atom stereocenters. The predicted octanol–water partition coefficient (Wildman–Crippen LogP) is 2.53. The van der Waals surface area contributed by atoms with E-state index >= 15 is 0 Å². The van der Waals surface area contributed by atoms with E-state index in [0.717, 1.165) is 6.42 Å². The Hall–Kier alpha value is -0.510. The number of unbranched alkanes of at least 4 members (excludes halogenated alkanes) is 3. The standard InChI is InChI=1S/C7H14N/c1-3-4-5-6-7-8-2/h3-6H2,1-2H3/q+1. The average Bonchev–Trinajstić information content (AvgIpc) is 1.81. The summed E-state index contributed by atoms with van der Waals surface area (Å²) < 4.78 is 0. The predicted molar refractivity (Wildman–Crippen MR) is 37.3 cm³/mol. The normalized spacial score (nSPS) is 7.75. The third-order valence-electron chi connectivity index (χ3n) is 1.05. The van der Waals surface area contributed by atoms with Crippen molar-refractivity contribution in [2.45, 2.75) is 32.6 Å². The molecule has 0 rings (SSSR count). The van der Waals surface area contributed by atoms with Gasteiger partial charge in [-0.1, -0.05) is 24.6 Å². The molecule has 0 fully saturated rings. The van der Waals surface area contributed by atoms with Crippen molar-refractivity contribution in [1.29, 1.82) is 0 Å². The van der Waals surface area contributed by atoms with Gasteiger partial charge in [0.2, 0.25) is 0 Å². The summed E-state index contributed by atoms with van der Waals surface area (Å²) in [5, 5.41) is 0. The molecule has 0 amide bonds. The Morgan fingerprint density at radius 2 is 2.12 bits per heavy atom. The van der Waals surface area contributed by atoms with Gasteiger partial charge in [-0.2, -0.15) is 0 Å². The molecule has 1 heteroatoms. The smallest absolute Gasteiger partial charge is 0.0870 e. The molecule has 0 atom stereocenters. The SMILES string of the molecule is CCCCCC#[N+]C. The molecule has 0 spiro atoms. The molecule has 0 aromatic heterocycles. The lowest BCUT2D eigenvalue weighted by Crippen LogP contribution is -1.69. The van der Waals surface area contributed by atoms with Gasteiger partial charge in [0.15, 0.2) is 0 Å². The number of hydrogen-bond acceptors (Lipinski definition) is 0. The minimum absolute atomic E-state index is 1.03. The Labute approximate surface area is 51.5 Å². The van der Waals surface area contributed by atoms with Gasteiger partial charge in [0.05, 0.1) is 6.42 Å². The molecule has 0 aromatic carbocycles. The minimum Gasteiger partial charge on any atom is -0.0870 e. The van der Waals surface area contributed by atoms with Crippen molar-refractivity contribution in [3.63, 3.8) is 0 Å². The number of hydrogen-bond donors (Lipinski definition) is 0. The topological polar surface area (TPSA) is 4.36 Å².